The Morgan fingerprint density at radius 1 is 1.35 bits per heavy atom. The molecule has 0 atom stereocenters. The van der Waals surface area contributed by atoms with Gasteiger partial charge >= 0.3 is 12.1 Å². The highest BCUT2D eigenvalue weighted by Gasteiger charge is 2.14. The fraction of sp³-hybridized carbons (Fsp3) is 0.250. The van der Waals surface area contributed by atoms with Crippen molar-refractivity contribution >= 4 is 29.6 Å². The number of rotatable bonds is 5. The molecule has 0 spiro atoms. The van der Waals surface area contributed by atoms with E-state index in [-0.39, 0.29) is 22.9 Å². The molecule has 2 N–H and O–H groups in total. The molecule has 0 unspecified atom stereocenters. The zero-order valence-corrected chi connectivity index (χ0v) is 11.3. The number of halogens is 1. The second-order valence-corrected chi connectivity index (χ2v) is 3.94. The molecule has 108 valence electrons. The number of hydrogen-bond acceptors (Lipinski definition) is 5. The van der Waals surface area contributed by atoms with E-state index in [4.69, 9.17) is 21.4 Å². The van der Waals surface area contributed by atoms with Crippen molar-refractivity contribution in [3.05, 3.63) is 28.8 Å². The second-order valence-electron chi connectivity index (χ2n) is 3.50. The van der Waals surface area contributed by atoms with Crippen LogP contribution in [0.4, 0.5) is 4.79 Å². The molecule has 0 aromatic heterocycles. The Kier molecular flexibility index (Phi) is 5.79. The van der Waals surface area contributed by atoms with Crippen molar-refractivity contribution in [2.45, 2.75) is 6.92 Å². The summed E-state index contributed by atoms with van der Waals surface area (Å²) in [5.74, 6) is -2.02. The number of carbonyl (C=O) groups excluding carboxylic acids is 2. The highest BCUT2D eigenvalue weighted by molar-refractivity contribution is 6.31. The molecule has 0 aliphatic heterocycles. The van der Waals surface area contributed by atoms with Crippen LogP contribution in [0.15, 0.2) is 18.2 Å². The lowest BCUT2D eigenvalue weighted by Crippen LogP contribution is -2.34. The molecule has 0 heterocycles. The average molecular weight is 302 g/mol. The largest absolute Gasteiger partial charge is 0.483 e. The van der Waals surface area contributed by atoms with Crippen molar-refractivity contribution in [2.24, 2.45) is 0 Å². The molecular weight excluding hydrogens is 290 g/mol. The van der Waals surface area contributed by atoms with Crippen LogP contribution in [0.1, 0.15) is 17.3 Å². The van der Waals surface area contributed by atoms with Crippen LogP contribution in [-0.2, 0) is 9.53 Å². The van der Waals surface area contributed by atoms with Crippen molar-refractivity contribution in [1.29, 1.82) is 0 Å². The number of carbonyl (C=O) groups is 3. The van der Waals surface area contributed by atoms with Gasteiger partial charge < -0.3 is 14.6 Å². The summed E-state index contributed by atoms with van der Waals surface area (Å²) in [4.78, 5) is 33.3. The topological polar surface area (TPSA) is 102 Å². The third kappa shape index (κ3) is 4.77. The van der Waals surface area contributed by atoms with Gasteiger partial charge in [-0.15, -0.1) is 0 Å². The zero-order chi connectivity index (χ0) is 15.1. The quantitative estimate of drug-likeness (QED) is 0.858. The third-order valence-electron chi connectivity index (χ3n) is 2.05. The van der Waals surface area contributed by atoms with Crippen molar-refractivity contribution in [2.75, 3.05) is 13.2 Å². The Morgan fingerprint density at radius 3 is 2.65 bits per heavy atom. The highest BCUT2D eigenvalue weighted by Crippen LogP contribution is 2.22. The maximum absolute atomic E-state index is 11.3. The Morgan fingerprint density at radius 2 is 2.05 bits per heavy atom. The number of amides is 2. The zero-order valence-electron chi connectivity index (χ0n) is 10.5. The molecule has 2 amide bonds. The summed E-state index contributed by atoms with van der Waals surface area (Å²) in [6, 6.07) is 3.94. The van der Waals surface area contributed by atoms with Crippen molar-refractivity contribution in [3.63, 3.8) is 0 Å². The summed E-state index contributed by atoms with van der Waals surface area (Å²) < 4.78 is 9.54. The van der Waals surface area contributed by atoms with Gasteiger partial charge in [-0.25, -0.2) is 9.59 Å². The van der Waals surface area contributed by atoms with E-state index in [1.54, 1.807) is 6.92 Å². The Labute approximate surface area is 119 Å². The standard InChI is InChI=1S/C12H12ClNO6/c1-2-19-12(18)14-10(15)6-20-9-4-3-7(13)5-8(9)11(16)17/h3-5H,2,6H2,1H3,(H,16,17)(H,14,15,18). The molecular formula is C12H12ClNO6. The molecule has 20 heavy (non-hydrogen) atoms. The van der Waals surface area contributed by atoms with Crippen LogP contribution in [0.25, 0.3) is 0 Å². The molecule has 0 aliphatic carbocycles. The molecule has 1 aromatic rings. The monoisotopic (exact) mass is 301 g/mol. The summed E-state index contributed by atoms with van der Waals surface area (Å²) in [5, 5.41) is 11.1. The molecule has 0 fully saturated rings. The van der Waals surface area contributed by atoms with Gasteiger partial charge in [0.05, 0.1) is 6.61 Å². The number of carboxylic acid groups (broad SMARTS) is 1. The lowest BCUT2D eigenvalue weighted by Gasteiger charge is -2.09. The third-order valence-corrected chi connectivity index (χ3v) is 2.28. The van der Waals surface area contributed by atoms with Crippen LogP contribution in [-0.4, -0.2) is 36.3 Å². The molecule has 7 nitrogen and oxygen atoms in total. The summed E-state index contributed by atoms with van der Waals surface area (Å²) in [5.41, 5.74) is -0.179. The Hall–Kier alpha value is -2.28. The van der Waals surface area contributed by atoms with Gasteiger partial charge in [0.1, 0.15) is 11.3 Å². The van der Waals surface area contributed by atoms with Crippen LogP contribution in [0.5, 0.6) is 5.75 Å². The minimum atomic E-state index is -1.24. The first kappa shape index (κ1) is 15.8. The molecule has 0 saturated heterocycles. The lowest BCUT2D eigenvalue weighted by molar-refractivity contribution is -0.122. The van der Waals surface area contributed by atoms with E-state index in [0.29, 0.717) is 0 Å². The minimum absolute atomic E-state index is 0.0269. The number of nitrogens with one attached hydrogen (secondary N) is 1. The molecule has 0 aliphatic rings. The first-order chi connectivity index (χ1) is 9.43. The van der Waals surface area contributed by atoms with E-state index >= 15 is 0 Å². The summed E-state index contributed by atoms with van der Waals surface area (Å²) >= 11 is 5.67. The molecule has 0 bridgehead atoms. The first-order valence-electron chi connectivity index (χ1n) is 5.56. The number of carboxylic acids is 1. The van der Waals surface area contributed by atoms with Crippen LogP contribution < -0.4 is 10.1 Å². The van der Waals surface area contributed by atoms with Gasteiger partial charge in [-0.05, 0) is 25.1 Å². The Balaban J connectivity index is 2.64. The van der Waals surface area contributed by atoms with E-state index in [9.17, 15) is 14.4 Å². The van der Waals surface area contributed by atoms with Crippen LogP contribution >= 0.6 is 11.6 Å². The fourth-order valence-corrected chi connectivity index (χ4v) is 1.43. The highest BCUT2D eigenvalue weighted by atomic mass is 35.5. The summed E-state index contributed by atoms with van der Waals surface area (Å²) in [6.07, 6.45) is -0.893. The Bertz CT molecular complexity index is 531. The van der Waals surface area contributed by atoms with Crippen molar-refractivity contribution < 1.29 is 29.0 Å². The van der Waals surface area contributed by atoms with Crippen LogP contribution in [0.3, 0.4) is 0 Å². The van der Waals surface area contributed by atoms with Crippen molar-refractivity contribution in [1.82, 2.24) is 5.32 Å². The number of alkyl carbamates (subject to hydrolysis) is 1. The van der Waals surface area contributed by atoms with E-state index in [1.807, 2.05) is 5.32 Å². The second kappa shape index (κ2) is 7.34. The molecule has 0 saturated carbocycles. The predicted octanol–water partition coefficient (Wildman–Crippen LogP) is 1.69. The predicted molar refractivity (Wildman–Crippen MR) is 69.1 cm³/mol. The van der Waals surface area contributed by atoms with Crippen LogP contribution in [0.2, 0.25) is 5.02 Å². The molecule has 8 heteroatoms. The lowest BCUT2D eigenvalue weighted by atomic mass is 10.2. The first-order valence-corrected chi connectivity index (χ1v) is 5.94. The van der Waals surface area contributed by atoms with Crippen LogP contribution in [0, 0.1) is 0 Å². The van der Waals surface area contributed by atoms with Gasteiger partial charge in [0, 0.05) is 5.02 Å². The van der Waals surface area contributed by atoms with Gasteiger partial charge in [-0.3, -0.25) is 10.1 Å². The van der Waals surface area contributed by atoms with E-state index < -0.39 is 24.6 Å². The smallest absolute Gasteiger partial charge is 0.413 e. The van der Waals surface area contributed by atoms with Gasteiger partial charge in [0.15, 0.2) is 6.61 Å². The van der Waals surface area contributed by atoms with E-state index in [2.05, 4.69) is 4.74 Å². The average Bonchev–Trinajstić information content (AvgIpc) is 2.37. The summed E-state index contributed by atoms with van der Waals surface area (Å²) in [6.45, 7) is 1.19. The van der Waals surface area contributed by atoms with E-state index in [1.165, 1.54) is 18.2 Å². The molecule has 1 rings (SSSR count). The number of imide groups is 1. The maximum atomic E-state index is 11.3. The van der Waals surface area contributed by atoms with Gasteiger partial charge in [-0.1, -0.05) is 11.6 Å². The fourth-order valence-electron chi connectivity index (χ4n) is 1.26. The molecule has 0 radical (unpaired) electrons. The number of benzene rings is 1. The minimum Gasteiger partial charge on any atom is -0.483 e. The SMILES string of the molecule is CCOC(=O)NC(=O)COc1ccc(Cl)cc1C(=O)O. The maximum Gasteiger partial charge on any atom is 0.413 e. The summed E-state index contributed by atoms with van der Waals surface area (Å²) in [7, 11) is 0. The van der Waals surface area contributed by atoms with E-state index in [0.717, 1.165) is 0 Å². The van der Waals surface area contributed by atoms with Gasteiger partial charge in [-0.2, -0.15) is 0 Å². The van der Waals surface area contributed by atoms with Gasteiger partial charge in [0.25, 0.3) is 5.91 Å². The number of aromatic carboxylic acids is 1. The van der Waals surface area contributed by atoms with Gasteiger partial charge in [0.2, 0.25) is 0 Å². The normalized spacial score (nSPS) is 9.70. The molecule has 1 aromatic carbocycles. The number of ether oxygens (including phenoxy) is 2. The number of hydrogen-bond donors (Lipinski definition) is 2. The van der Waals surface area contributed by atoms with Crippen molar-refractivity contribution in [3.8, 4) is 5.75 Å².